The molecule has 102 valence electrons. The minimum Gasteiger partial charge on any atom is -1.00 e. The van der Waals surface area contributed by atoms with Crippen LogP contribution < -0.4 is 69.0 Å². The zero-order valence-corrected chi connectivity index (χ0v) is 16.4. The molecule has 0 aliphatic rings. The molecule has 4 heteroatoms. The van der Waals surface area contributed by atoms with Crippen molar-refractivity contribution in [3.63, 3.8) is 0 Å². The average molecular weight is 261 g/mol. The van der Waals surface area contributed by atoms with Crippen molar-refractivity contribution >= 4 is 0 Å². The summed E-state index contributed by atoms with van der Waals surface area (Å²) in [6.07, 6.45) is 6.35. The maximum atomic E-state index is 3.60. The Hall–Kier alpha value is 2.08. The van der Waals surface area contributed by atoms with Crippen molar-refractivity contribution in [3.05, 3.63) is 14.4 Å². The van der Waals surface area contributed by atoms with Crippen molar-refractivity contribution in [1.29, 1.82) is 0 Å². The summed E-state index contributed by atoms with van der Waals surface area (Å²) in [6, 6.07) is 0. The van der Waals surface area contributed by atoms with Crippen molar-refractivity contribution < 1.29 is 69.0 Å². The van der Waals surface area contributed by atoms with Gasteiger partial charge in [0.25, 0.3) is 0 Å². The van der Waals surface area contributed by atoms with Crippen LogP contribution in [0.4, 0.5) is 0 Å². The van der Waals surface area contributed by atoms with Gasteiger partial charge in [-0.05, 0) is 0 Å². The topological polar surface area (TPSA) is 0 Å². The second-order valence-electron chi connectivity index (χ2n) is 2.21. The van der Waals surface area contributed by atoms with E-state index in [9.17, 15) is 0 Å². The Labute approximate surface area is 163 Å². The molecule has 0 fully saturated rings. The first-order valence-electron chi connectivity index (χ1n) is 6.12. The van der Waals surface area contributed by atoms with Gasteiger partial charge in [0, 0.05) is 0 Å². The number of rotatable bonds is 3. The Morgan fingerprint density at radius 3 is 0.833 bits per heavy atom. The molecule has 0 bridgehead atoms. The summed E-state index contributed by atoms with van der Waals surface area (Å²) in [5.41, 5.74) is 0. The Bertz CT molecular complexity index is 36.2. The van der Waals surface area contributed by atoms with Gasteiger partial charge >= 0.3 is 56.6 Å². The maximum Gasteiger partial charge on any atom is 1.00 e. The van der Waals surface area contributed by atoms with Gasteiger partial charge in [-0.15, -0.1) is 0 Å². The van der Waals surface area contributed by atoms with Crippen LogP contribution in [0, 0.1) is 14.4 Å². The Kier molecular flexibility index (Phi) is 411. The number of unbranched alkanes of at least 4 members (excludes halogenated alkanes) is 3. The molecule has 0 spiro atoms. The fraction of sp³-hybridized carbons (Fsp3) is 0.857. The average Bonchev–Trinajstić information content (AvgIpc) is 2.25. The van der Waals surface area contributed by atoms with Gasteiger partial charge in [-0.2, -0.15) is 6.42 Å². The van der Waals surface area contributed by atoms with Crippen molar-refractivity contribution in [2.24, 2.45) is 0 Å². The molecule has 0 radical (unpaired) electrons. The van der Waals surface area contributed by atoms with Crippen molar-refractivity contribution in [3.8, 4) is 0 Å². The molecule has 0 rings (SSSR count). The maximum absolute atomic E-state index is 3.60. The first kappa shape index (κ1) is 59.5. The largest absolute Gasteiger partial charge is 1.00 e. The molecule has 0 atom stereocenters. The zero-order chi connectivity index (χ0) is 11.5. The Morgan fingerprint density at radius 1 is 0.667 bits per heavy atom. The Balaban J connectivity index is -0.00000000832. The van der Waals surface area contributed by atoms with Crippen LogP contribution in [-0.4, -0.2) is 0 Å². The first-order valence-corrected chi connectivity index (χ1v) is 6.12. The van der Waals surface area contributed by atoms with Gasteiger partial charge < -0.3 is 26.8 Å². The molecule has 0 N–H and O–H groups in total. The third-order valence-corrected chi connectivity index (χ3v) is 1.06. The van der Waals surface area contributed by atoms with E-state index < -0.39 is 0 Å². The van der Waals surface area contributed by atoms with Crippen LogP contribution in [0.3, 0.4) is 0 Å². The fourth-order valence-electron chi connectivity index (χ4n) is 0.354. The van der Waals surface area contributed by atoms with E-state index in [4.69, 9.17) is 0 Å². The summed E-state index contributed by atoms with van der Waals surface area (Å²) >= 11 is 0. The van der Waals surface area contributed by atoms with E-state index >= 15 is 0 Å². The zero-order valence-electron chi connectivity index (χ0n) is 15.6. The number of hydrogen-bond acceptors (Lipinski definition) is 0. The third-order valence-electron chi connectivity index (χ3n) is 1.06. The summed E-state index contributed by atoms with van der Waals surface area (Å²) in [5, 5.41) is 0. The summed E-state index contributed by atoms with van der Waals surface area (Å²) in [7, 11) is 0. The summed E-state index contributed by atoms with van der Waals surface area (Å²) < 4.78 is 0. The first-order chi connectivity index (χ1) is 6.33. The van der Waals surface area contributed by atoms with E-state index in [1.165, 1.54) is 25.7 Å². The quantitative estimate of drug-likeness (QED) is 0.351. The van der Waals surface area contributed by atoms with Crippen molar-refractivity contribution in [1.82, 2.24) is 0 Å². The molecular formula is C14H36ClLi3. The SMILES string of the molecule is CC.CC.CCCCC.[CH2-]CCC.[CH3-].[Cl-].[Li+].[Li+].[Li+]. The van der Waals surface area contributed by atoms with Gasteiger partial charge in [0.15, 0.2) is 0 Å². The molecule has 18 heavy (non-hydrogen) atoms. The van der Waals surface area contributed by atoms with E-state index in [1.807, 2.05) is 27.7 Å². The van der Waals surface area contributed by atoms with Crippen molar-refractivity contribution in [2.75, 3.05) is 0 Å². The van der Waals surface area contributed by atoms with Crippen LogP contribution in [0.5, 0.6) is 0 Å². The summed E-state index contributed by atoms with van der Waals surface area (Å²) in [4.78, 5) is 0. The molecule has 0 saturated carbocycles. The molecule has 0 aromatic heterocycles. The number of halogens is 1. The van der Waals surface area contributed by atoms with Gasteiger partial charge in [-0.3, -0.25) is 0 Å². The van der Waals surface area contributed by atoms with Gasteiger partial charge in [0.2, 0.25) is 0 Å². The van der Waals surface area contributed by atoms with Crippen molar-refractivity contribution in [2.45, 2.75) is 80.6 Å². The predicted molar refractivity (Wildman–Crippen MR) is 74.6 cm³/mol. The second-order valence-corrected chi connectivity index (χ2v) is 2.21. The van der Waals surface area contributed by atoms with Gasteiger partial charge in [0.1, 0.15) is 0 Å². The Morgan fingerprint density at radius 2 is 0.833 bits per heavy atom. The van der Waals surface area contributed by atoms with Crippen LogP contribution >= 0.6 is 0 Å². The third kappa shape index (κ3) is 204. The van der Waals surface area contributed by atoms with Crippen LogP contribution in [0.2, 0.25) is 0 Å². The molecule has 0 unspecified atom stereocenters. The minimum absolute atomic E-state index is 0. The molecule has 0 aromatic rings. The molecule has 0 aliphatic heterocycles. The normalized spacial score (nSPS) is 4.67. The van der Waals surface area contributed by atoms with Gasteiger partial charge in [-0.1, -0.05) is 74.1 Å². The standard InChI is InChI=1S/C5H12.C4H9.2C2H6.CH3.ClH.3Li/c1-3-5-4-2;1-3-4-2;2*1-2;;;;;/h3-5H2,1-2H3;1,3-4H2,2H3;2*1-2H3;1H3;1H;;;/q;-1;;;-1;;3*+1/p-1. The van der Waals surface area contributed by atoms with E-state index in [1.54, 1.807) is 0 Å². The molecule has 0 aliphatic carbocycles. The molecule has 0 aromatic carbocycles. The molecule has 0 nitrogen and oxygen atoms in total. The summed E-state index contributed by atoms with van der Waals surface area (Å²) in [5.74, 6) is 0. The minimum atomic E-state index is 0. The van der Waals surface area contributed by atoms with E-state index in [-0.39, 0.29) is 76.4 Å². The van der Waals surface area contributed by atoms with Crippen LogP contribution in [0.25, 0.3) is 0 Å². The summed E-state index contributed by atoms with van der Waals surface area (Å²) in [6.45, 7) is 18.1. The van der Waals surface area contributed by atoms with Gasteiger partial charge in [-0.25, -0.2) is 0 Å². The molecular weight excluding hydrogens is 224 g/mol. The van der Waals surface area contributed by atoms with E-state index in [0.717, 1.165) is 6.42 Å². The molecule has 0 saturated heterocycles. The molecule has 0 heterocycles. The second kappa shape index (κ2) is 124. The van der Waals surface area contributed by atoms with Gasteiger partial charge in [0.05, 0.1) is 0 Å². The predicted octanol–water partition coefficient (Wildman–Crippen LogP) is -5.66. The van der Waals surface area contributed by atoms with Crippen LogP contribution in [0.15, 0.2) is 0 Å². The van der Waals surface area contributed by atoms with E-state index in [2.05, 4.69) is 27.7 Å². The smallest absolute Gasteiger partial charge is 1.00 e. The van der Waals surface area contributed by atoms with Crippen LogP contribution in [0.1, 0.15) is 80.6 Å². The molecule has 0 amide bonds. The fourth-order valence-corrected chi connectivity index (χ4v) is 0.354. The van der Waals surface area contributed by atoms with Crippen LogP contribution in [-0.2, 0) is 0 Å². The monoisotopic (exact) mass is 260 g/mol. The number of hydrogen-bond donors (Lipinski definition) is 0. The van der Waals surface area contributed by atoms with E-state index in [0.29, 0.717) is 0 Å².